The Morgan fingerprint density at radius 2 is 1.86 bits per heavy atom. The van der Waals surface area contributed by atoms with Gasteiger partial charge in [0, 0.05) is 29.7 Å². The Morgan fingerprint density at radius 1 is 1.07 bits per heavy atom. The van der Waals surface area contributed by atoms with Crippen LogP contribution < -0.4 is 10.3 Å². The third-order valence-corrected chi connectivity index (χ3v) is 4.77. The van der Waals surface area contributed by atoms with Crippen molar-refractivity contribution in [1.29, 1.82) is 0 Å². The molecule has 0 saturated heterocycles. The molecule has 2 N–H and O–H groups in total. The molecule has 0 unspecified atom stereocenters. The lowest BCUT2D eigenvalue weighted by atomic mass is 10.2. The third kappa shape index (κ3) is 3.51. The lowest BCUT2D eigenvalue weighted by molar-refractivity contribution is 0.866. The summed E-state index contributed by atoms with van der Waals surface area (Å²) in [5.74, 6) is 0.354. The maximum atomic E-state index is 4.47. The van der Waals surface area contributed by atoms with Crippen LogP contribution in [0.4, 0.5) is 11.6 Å². The van der Waals surface area contributed by atoms with Gasteiger partial charge in [-0.2, -0.15) is 10.1 Å². The second kappa shape index (κ2) is 7.64. The molecule has 2 heterocycles. The van der Waals surface area contributed by atoms with E-state index in [1.807, 2.05) is 18.2 Å². The van der Waals surface area contributed by atoms with Crippen molar-refractivity contribution in [3.63, 3.8) is 0 Å². The number of aromatic nitrogens is 4. The van der Waals surface area contributed by atoms with Gasteiger partial charge in [0.25, 0.3) is 5.95 Å². The molecule has 0 aliphatic heterocycles. The molecule has 2 aromatic heterocycles. The van der Waals surface area contributed by atoms with Gasteiger partial charge in [-0.05, 0) is 50.6 Å². The summed E-state index contributed by atoms with van der Waals surface area (Å²) >= 11 is 0. The smallest absolute Gasteiger partial charge is 0.265 e. The third-order valence-electron chi connectivity index (χ3n) is 4.77. The number of hydrogen-bond donors (Lipinski definition) is 2. The SMILES string of the molecule is CCN(CC)c1ccc(/C=N/Nc2nnc3c(n2)[nH]c2ccc(C)cc23)cc1. The van der Waals surface area contributed by atoms with Crippen LogP contribution in [0.3, 0.4) is 0 Å². The number of anilines is 2. The number of nitrogens with one attached hydrogen (secondary N) is 2. The zero-order valence-corrected chi connectivity index (χ0v) is 16.3. The zero-order valence-electron chi connectivity index (χ0n) is 16.3. The first-order chi connectivity index (χ1) is 13.7. The fourth-order valence-electron chi connectivity index (χ4n) is 3.26. The standard InChI is InChI=1S/C21H23N7/c1-4-28(5-2)16-9-7-15(8-10-16)13-22-26-21-24-20-19(25-27-21)17-12-14(3)6-11-18(17)23-20/h6-13H,4-5H2,1-3H3,(H2,23,24,26,27)/b22-13+. The summed E-state index contributed by atoms with van der Waals surface area (Å²) in [6.45, 7) is 8.35. The van der Waals surface area contributed by atoms with Gasteiger partial charge in [0.2, 0.25) is 0 Å². The van der Waals surface area contributed by atoms with E-state index in [4.69, 9.17) is 0 Å². The number of benzene rings is 2. The zero-order chi connectivity index (χ0) is 19.5. The lowest BCUT2D eigenvalue weighted by Gasteiger charge is -2.20. The Labute approximate surface area is 163 Å². The number of hydrogen-bond acceptors (Lipinski definition) is 6. The molecule has 4 rings (SSSR count). The van der Waals surface area contributed by atoms with Gasteiger partial charge in [0.1, 0.15) is 5.52 Å². The van der Waals surface area contributed by atoms with Gasteiger partial charge in [-0.15, -0.1) is 10.2 Å². The van der Waals surface area contributed by atoms with E-state index in [2.05, 4.69) is 80.6 Å². The van der Waals surface area contributed by atoms with E-state index in [0.29, 0.717) is 11.6 Å². The number of fused-ring (bicyclic) bond motifs is 3. The van der Waals surface area contributed by atoms with Gasteiger partial charge in [0.15, 0.2) is 5.65 Å². The second-order valence-electron chi connectivity index (χ2n) is 6.64. The van der Waals surface area contributed by atoms with Gasteiger partial charge >= 0.3 is 0 Å². The number of aryl methyl sites for hydroxylation is 1. The molecule has 0 saturated carbocycles. The molecule has 0 bridgehead atoms. The van der Waals surface area contributed by atoms with Crippen molar-refractivity contribution in [2.75, 3.05) is 23.4 Å². The summed E-state index contributed by atoms with van der Waals surface area (Å²) in [7, 11) is 0. The average Bonchev–Trinajstić information content (AvgIpc) is 3.07. The van der Waals surface area contributed by atoms with Gasteiger partial charge in [-0.3, -0.25) is 0 Å². The molecule has 0 aliphatic rings. The minimum Gasteiger partial charge on any atom is -0.372 e. The number of rotatable bonds is 6. The van der Waals surface area contributed by atoms with Crippen LogP contribution in [0, 0.1) is 6.92 Å². The summed E-state index contributed by atoms with van der Waals surface area (Å²) in [5.41, 5.74) is 8.69. The molecule has 0 spiro atoms. The highest BCUT2D eigenvalue weighted by Gasteiger charge is 2.09. The first-order valence-corrected chi connectivity index (χ1v) is 9.44. The molecule has 2 aromatic carbocycles. The fraction of sp³-hybridized carbons (Fsp3) is 0.238. The molecule has 0 atom stereocenters. The van der Waals surface area contributed by atoms with Crippen LogP contribution >= 0.6 is 0 Å². The summed E-state index contributed by atoms with van der Waals surface area (Å²) in [5, 5.41) is 13.7. The molecule has 0 fully saturated rings. The number of hydrazone groups is 1. The molecule has 28 heavy (non-hydrogen) atoms. The van der Waals surface area contributed by atoms with Crippen molar-refractivity contribution < 1.29 is 0 Å². The topological polar surface area (TPSA) is 82.1 Å². The van der Waals surface area contributed by atoms with Crippen LogP contribution in [0.1, 0.15) is 25.0 Å². The summed E-state index contributed by atoms with van der Waals surface area (Å²) in [6.07, 6.45) is 1.74. The Morgan fingerprint density at radius 3 is 2.61 bits per heavy atom. The van der Waals surface area contributed by atoms with Gasteiger partial charge in [-0.25, -0.2) is 5.43 Å². The van der Waals surface area contributed by atoms with E-state index in [9.17, 15) is 0 Å². The molecule has 0 aliphatic carbocycles. The van der Waals surface area contributed by atoms with E-state index >= 15 is 0 Å². The van der Waals surface area contributed by atoms with Crippen molar-refractivity contribution in [1.82, 2.24) is 20.2 Å². The van der Waals surface area contributed by atoms with E-state index in [1.165, 1.54) is 11.3 Å². The van der Waals surface area contributed by atoms with E-state index in [-0.39, 0.29) is 0 Å². The number of nitrogens with zero attached hydrogens (tertiary/aromatic N) is 5. The minimum absolute atomic E-state index is 0.354. The van der Waals surface area contributed by atoms with Gasteiger partial charge in [0.05, 0.1) is 6.21 Å². The quantitative estimate of drug-likeness (QED) is 0.393. The van der Waals surface area contributed by atoms with Crippen molar-refractivity contribution in [3.05, 3.63) is 53.6 Å². The van der Waals surface area contributed by atoms with Crippen LogP contribution in [-0.4, -0.2) is 39.5 Å². The predicted octanol–water partition coefficient (Wildman–Crippen LogP) is 4.11. The second-order valence-corrected chi connectivity index (χ2v) is 6.64. The maximum absolute atomic E-state index is 4.47. The van der Waals surface area contributed by atoms with Crippen LogP contribution in [-0.2, 0) is 0 Å². The monoisotopic (exact) mass is 373 g/mol. The highest BCUT2D eigenvalue weighted by atomic mass is 15.4. The first kappa shape index (κ1) is 17.9. The molecule has 0 amide bonds. The van der Waals surface area contributed by atoms with E-state index < -0.39 is 0 Å². The normalized spacial score (nSPS) is 11.5. The van der Waals surface area contributed by atoms with Crippen LogP contribution in [0.5, 0.6) is 0 Å². The van der Waals surface area contributed by atoms with E-state index in [1.54, 1.807) is 6.21 Å². The Hall–Kier alpha value is -3.48. The fourth-order valence-corrected chi connectivity index (χ4v) is 3.26. The van der Waals surface area contributed by atoms with Gasteiger partial charge < -0.3 is 9.88 Å². The summed E-state index contributed by atoms with van der Waals surface area (Å²) < 4.78 is 0. The van der Waals surface area contributed by atoms with Crippen LogP contribution in [0.25, 0.3) is 22.1 Å². The molecular weight excluding hydrogens is 350 g/mol. The largest absolute Gasteiger partial charge is 0.372 e. The first-order valence-electron chi connectivity index (χ1n) is 9.44. The minimum atomic E-state index is 0.354. The average molecular weight is 373 g/mol. The highest BCUT2D eigenvalue weighted by molar-refractivity contribution is 6.03. The molecule has 142 valence electrons. The van der Waals surface area contributed by atoms with Crippen molar-refractivity contribution in [2.24, 2.45) is 5.10 Å². The van der Waals surface area contributed by atoms with Crippen molar-refractivity contribution in [3.8, 4) is 0 Å². The van der Waals surface area contributed by atoms with Crippen LogP contribution in [0.2, 0.25) is 0 Å². The Bertz CT molecular complexity index is 1120. The number of H-pyrrole nitrogens is 1. The summed E-state index contributed by atoms with van der Waals surface area (Å²) in [4.78, 5) is 10.0. The maximum Gasteiger partial charge on any atom is 0.265 e. The molecule has 4 aromatic rings. The molecular formula is C21H23N7. The number of aromatic amines is 1. The predicted molar refractivity (Wildman–Crippen MR) is 115 cm³/mol. The lowest BCUT2D eigenvalue weighted by Crippen LogP contribution is -2.21. The van der Waals surface area contributed by atoms with Crippen molar-refractivity contribution in [2.45, 2.75) is 20.8 Å². The summed E-state index contributed by atoms with van der Waals surface area (Å²) in [6, 6.07) is 14.5. The Balaban J connectivity index is 1.49. The van der Waals surface area contributed by atoms with Gasteiger partial charge in [-0.1, -0.05) is 23.8 Å². The molecule has 7 heteroatoms. The highest BCUT2D eigenvalue weighted by Crippen LogP contribution is 2.23. The Kier molecular flexibility index (Phi) is 4.89. The molecule has 0 radical (unpaired) electrons. The van der Waals surface area contributed by atoms with Crippen molar-refractivity contribution >= 4 is 39.9 Å². The van der Waals surface area contributed by atoms with E-state index in [0.717, 1.165) is 35.1 Å². The van der Waals surface area contributed by atoms with Crippen LogP contribution in [0.15, 0.2) is 47.6 Å². The molecule has 7 nitrogen and oxygen atoms in total.